The van der Waals surface area contributed by atoms with Crippen molar-refractivity contribution in [2.75, 3.05) is 13.1 Å². The lowest BCUT2D eigenvalue weighted by Gasteiger charge is -2.28. The van der Waals surface area contributed by atoms with E-state index in [9.17, 15) is 0 Å². The molecule has 0 bridgehead atoms. The molecule has 1 aromatic rings. The van der Waals surface area contributed by atoms with E-state index in [1.54, 1.807) is 11.3 Å². The molecule has 0 saturated carbocycles. The Hall–Kier alpha value is -0.450. The van der Waals surface area contributed by atoms with Crippen molar-refractivity contribution in [3.8, 4) is 0 Å². The molecule has 0 aliphatic carbocycles. The highest BCUT2D eigenvalue weighted by molar-refractivity contribution is 7.07. The van der Waals surface area contributed by atoms with Crippen molar-refractivity contribution in [1.82, 2.24) is 15.2 Å². The van der Waals surface area contributed by atoms with E-state index in [2.05, 4.69) is 34.4 Å². The van der Waals surface area contributed by atoms with Crippen LogP contribution in [0.4, 0.5) is 0 Å². The fourth-order valence-corrected chi connectivity index (χ4v) is 2.73. The van der Waals surface area contributed by atoms with Gasteiger partial charge in [-0.1, -0.05) is 0 Å². The summed E-state index contributed by atoms with van der Waals surface area (Å²) in [6.07, 6.45) is 2.65. The van der Waals surface area contributed by atoms with Gasteiger partial charge in [0.05, 0.1) is 11.2 Å². The molecule has 90 valence electrons. The highest BCUT2D eigenvalue weighted by atomic mass is 32.1. The summed E-state index contributed by atoms with van der Waals surface area (Å²) >= 11 is 1.68. The predicted octanol–water partition coefficient (Wildman–Crippen LogP) is 2.11. The van der Waals surface area contributed by atoms with E-state index >= 15 is 0 Å². The van der Waals surface area contributed by atoms with Gasteiger partial charge < -0.3 is 5.32 Å². The van der Waals surface area contributed by atoms with E-state index in [1.165, 1.54) is 25.1 Å². The monoisotopic (exact) mass is 239 g/mol. The number of hydrogen-bond acceptors (Lipinski definition) is 4. The first-order valence-corrected chi connectivity index (χ1v) is 7.04. The molecule has 1 aromatic heterocycles. The van der Waals surface area contributed by atoms with Crippen molar-refractivity contribution in [3.05, 3.63) is 16.6 Å². The summed E-state index contributed by atoms with van der Waals surface area (Å²) < 4.78 is 0. The van der Waals surface area contributed by atoms with Crippen molar-refractivity contribution in [2.45, 2.75) is 45.3 Å². The lowest BCUT2D eigenvalue weighted by molar-refractivity contribution is 0.192. The highest BCUT2D eigenvalue weighted by Gasteiger charge is 2.20. The average molecular weight is 239 g/mol. The zero-order valence-corrected chi connectivity index (χ0v) is 11.0. The Labute approximate surface area is 102 Å². The van der Waals surface area contributed by atoms with Crippen molar-refractivity contribution < 1.29 is 0 Å². The van der Waals surface area contributed by atoms with Gasteiger partial charge in [0.2, 0.25) is 0 Å². The summed E-state index contributed by atoms with van der Waals surface area (Å²) in [5, 5.41) is 5.71. The Kier molecular flexibility index (Phi) is 4.32. The number of thiazole rings is 1. The molecule has 1 saturated heterocycles. The molecule has 1 aliphatic rings. The van der Waals surface area contributed by atoms with Gasteiger partial charge in [0.25, 0.3) is 0 Å². The molecule has 0 spiro atoms. The van der Waals surface area contributed by atoms with Gasteiger partial charge >= 0.3 is 0 Å². The number of aromatic nitrogens is 1. The fourth-order valence-electron chi connectivity index (χ4n) is 2.18. The normalized spacial score (nSPS) is 21.1. The van der Waals surface area contributed by atoms with Crippen molar-refractivity contribution in [3.63, 3.8) is 0 Å². The summed E-state index contributed by atoms with van der Waals surface area (Å²) in [4.78, 5) is 6.88. The standard InChI is InChI=1S/C12H21N3S/c1-10(2)15(6-11-4-3-5-13-11)7-12-8-16-9-14-12/h8-11,13H,3-7H2,1-2H3. The van der Waals surface area contributed by atoms with Crippen LogP contribution in [0.1, 0.15) is 32.4 Å². The largest absolute Gasteiger partial charge is 0.313 e. The molecular formula is C12H21N3S. The number of hydrogen-bond donors (Lipinski definition) is 1. The van der Waals surface area contributed by atoms with Crippen LogP contribution in [0, 0.1) is 0 Å². The summed E-state index contributed by atoms with van der Waals surface area (Å²) in [5.74, 6) is 0. The van der Waals surface area contributed by atoms with Crippen LogP contribution in [0.2, 0.25) is 0 Å². The minimum absolute atomic E-state index is 0.587. The van der Waals surface area contributed by atoms with Gasteiger partial charge in [-0.05, 0) is 33.2 Å². The second kappa shape index (κ2) is 5.75. The highest BCUT2D eigenvalue weighted by Crippen LogP contribution is 2.13. The molecular weight excluding hydrogens is 218 g/mol. The average Bonchev–Trinajstić information content (AvgIpc) is 2.88. The summed E-state index contributed by atoms with van der Waals surface area (Å²) in [7, 11) is 0. The van der Waals surface area contributed by atoms with Gasteiger partial charge in [-0.3, -0.25) is 4.90 Å². The van der Waals surface area contributed by atoms with Gasteiger partial charge in [0, 0.05) is 30.6 Å². The first-order chi connectivity index (χ1) is 7.75. The fraction of sp³-hybridized carbons (Fsp3) is 0.750. The Morgan fingerprint density at radius 3 is 3.06 bits per heavy atom. The lowest BCUT2D eigenvalue weighted by atomic mass is 10.2. The van der Waals surface area contributed by atoms with Crippen LogP contribution in [0.25, 0.3) is 0 Å². The molecule has 16 heavy (non-hydrogen) atoms. The van der Waals surface area contributed by atoms with Crippen LogP contribution in [-0.2, 0) is 6.54 Å². The third kappa shape index (κ3) is 3.27. The molecule has 2 heterocycles. The van der Waals surface area contributed by atoms with Gasteiger partial charge in [-0.2, -0.15) is 0 Å². The third-order valence-corrected chi connectivity index (χ3v) is 3.83. The Bertz CT molecular complexity index is 291. The zero-order valence-electron chi connectivity index (χ0n) is 10.1. The van der Waals surface area contributed by atoms with E-state index in [0.29, 0.717) is 12.1 Å². The molecule has 1 fully saturated rings. The van der Waals surface area contributed by atoms with E-state index in [0.717, 1.165) is 13.1 Å². The maximum absolute atomic E-state index is 4.37. The minimum Gasteiger partial charge on any atom is -0.313 e. The number of nitrogens with one attached hydrogen (secondary N) is 1. The minimum atomic E-state index is 0.587. The summed E-state index contributed by atoms with van der Waals surface area (Å²) in [6, 6.07) is 1.27. The van der Waals surface area contributed by atoms with Crippen molar-refractivity contribution in [1.29, 1.82) is 0 Å². The number of rotatable bonds is 5. The van der Waals surface area contributed by atoms with Crippen molar-refractivity contribution >= 4 is 11.3 Å². The zero-order chi connectivity index (χ0) is 11.4. The molecule has 0 aromatic carbocycles. The molecule has 1 N–H and O–H groups in total. The Morgan fingerprint density at radius 1 is 1.62 bits per heavy atom. The van der Waals surface area contributed by atoms with Crippen LogP contribution in [0.3, 0.4) is 0 Å². The van der Waals surface area contributed by atoms with Gasteiger partial charge in [-0.25, -0.2) is 4.98 Å². The maximum atomic E-state index is 4.37. The van der Waals surface area contributed by atoms with Gasteiger partial charge in [0.1, 0.15) is 0 Å². The van der Waals surface area contributed by atoms with Crippen LogP contribution in [0.5, 0.6) is 0 Å². The third-order valence-electron chi connectivity index (χ3n) is 3.20. The molecule has 4 heteroatoms. The van der Waals surface area contributed by atoms with Gasteiger partial charge in [0.15, 0.2) is 0 Å². The topological polar surface area (TPSA) is 28.2 Å². The SMILES string of the molecule is CC(C)N(Cc1cscn1)CC1CCCN1. The summed E-state index contributed by atoms with van der Waals surface area (Å²) in [5.41, 5.74) is 3.12. The molecule has 1 unspecified atom stereocenters. The molecule has 0 radical (unpaired) electrons. The molecule has 1 aliphatic heterocycles. The molecule has 3 nitrogen and oxygen atoms in total. The molecule has 2 rings (SSSR count). The Morgan fingerprint density at radius 2 is 2.50 bits per heavy atom. The van der Waals surface area contributed by atoms with E-state index in [4.69, 9.17) is 0 Å². The predicted molar refractivity (Wildman–Crippen MR) is 68.7 cm³/mol. The van der Waals surface area contributed by atoms with Crippen LogP contribution in [0.15, 0.2) is 10.9 Å². The second-order valence-electron chi connectivity index (χ2n) is 4.80. The maximum Gasteiger partial charge on any atom is 0.0795 e. The molecule has 1 atom stereocenters. The van der Waals surface area contributed by atoms with Gasteiger partial charge in [-0.15, -0.1) is 11.3 Å². The Balaban J connectivity index is 1.89. The van der Waals surface area contributed by atoms with Crippen LogP contribution < -0.4 is 5.32 Å². The quantitative estimate of drug-likeness (QED) is 0.853. The van der Waals surface area contributed by atoms with Crippen molar-refractivity contribution in [2.24, 2.45) is 0 Å². The molecule has 0 amide bonds. The van der Waals surface area contributed by atoms with E-state index in [1.807, 2.05) is 5.51 Å². The number of nitrogens with zero attached hydrogens (tertiary/aromatic N) is 2. The second-order valence-corrected chi connectivity index (χ2v) is 5.51. The first-order valence-electron chi connectivity index (χ1n) is 6.10. The van der Waals surface area contributed by atoms with E-state index < -0.39 is 0 Å². The lowest BCUT2D eigenvalue weighted by Crippen LogP contribution is -2.40. The smallest absolute Gasteiger partial charge is 0.0795 e. The van der Waals surface area contributed by atoms with Crippen LogP contribution in [-0.4, -0.2) is 35.1 Å². The first kappa shape index (κ1) is 12.0. The van der Waals surface area contributed by atoms with Crippen LogP contribution >= 0.6 is 11.3 Å². The van der Waals surface area contributed by atoms with E-state index in [-0.39, 0.29) is 0 Å². The summed E-state index contributed by atoms with van der Waals surface area (Å²) in [6.45, 7) is 7.85.